The average molecular weight is 552 g/mol. The van der Waals surface area contributed by atoms with Crippen LogP contribution in [0.15, 0.2) is 67.0 Å². The fourth-order valence-corrected chi connectivity index (χ4v) is 4.23. The number of amides is 2. The van der Waals surface area contributed by atoms with E-state index >= 15 is 0 Å². The standard InChI is InChI=1S/C28H27ClFN5O4/c1-16(27(31)37)26(35-25(36)14-38-2)18-6-8-23-21(11-18)28(33-15-32-23)34-20-7-9-24(22(29)12-20)39-13-17-4-3-5-19(30)10-17/h3-12,15-16,26H,13-14H2,1-2H3,(H2,31,37)(H,35,36)(H,32,33,34). The Kier molecular flexibility index (Phi) is 8.90. The summed E-state index contributed by atoms with van der Waals surface area (Å²) in [4.78, 5) is 33.0. The summed E-state index contributed by atoms with van der Waals surface area (Å²) < 4.78 is 24.1. The van der Waals surface area contributed by atoms with E-state index in [0.717, 1.165) is 0 Å². The summed E-state index contributed by atoms with van der Waals surface area (Å²) in [5.74, 6) is -1.04. The largest absolute Gasteiger partial charge is 0.487 e. The molecule has 0 aliphatic heterocycles. The number of primary amides is 1. The molecule has 0 saturated heterocycles. The minimum atomic E-state index is -0.692. The molecule has 4 N–H and O–H groups in total. The molecule has 0 aliphatic rings. The lowest BCUT2D eigenvalue weighted by Crippen LogP contribution is -2.39. The lowest BCUT2D eigenvalue weighted by atomic mass is 9.93. The molecule has 11 heteroatoms. The van der Waals surface area contributed by atoms with Gasteiger partial charge in [0.15, 0.2) is 0 Å². The molecule has 3 aromatic carbocycles. The first-order valence-corrected chi connectivity index (χ1v) is 12.4. The van der Waals surface area contributed by atoms with Crippen molar-refractivity contribution in [2.24, 2.45) is 11.7 Å². The van der Waals surface area contributed by atoms with Gasteiger partial charge in [-0.2, -0.15) is 0 Å². The van der Waals surface area contributed by atoms with Gasteiger partial charge in [0.05, 0.1) is 22.5 Å². The highest BCUT2D eigenvalue weighted by molar-refractivity contribution is 6.32. The number of methoxy groups -OCH3 is 1. The molecule has 1 aromatic heterocycles. The highest BCUT2D eigenvalue weighted by atomic mass is 35.5. The molecule has 4 aromatic rings. The average Bonchev–Trinajstić information content (AvgIpc) is 2.91. The van der Waals surface area contributed by atoms with E-state index in [4.69, 9.17) is 26.8 Å². The van der Waals surface area contributed by atoms with Crippen LogP contribution in [0.3, 0.4) is 0 Å². The predicted molar refractivity (Wildman–Crippen MR) is 146 cm³/mol. The molecule has 4 rings (SSSR count). The molecule has 2 atom stereocenters. The van der Waals surface area contributed by atoms with E-state index in [2.05, 4.69) is 20.6 Å². The summed E-state index contributed by atoms with van der Waals surface area (Å²) in [6.45, 7) is 1.65. The second kappa shape index (κ2) is 12.5. The van der Waals surface area contributed by atoms with Gasteiger partial charge in [0, 0.05) is 18.2 Å². The van der Waals surface area contributed by atoms with Crippen molar-refractivity contribution in [2.75, 3.05) is 19.0 Å². The molecule has 0 aliphatic carbocycles. The second-order valence-corrected chi connectivity index (χ2v) is 9.26. The number of hydrogen-bond donors (Lipinski definition) is 3. The van der Waals surface area contributed by atoms with Crippen molar-refractivity contribution in [3.63, 3.8) is 0 Å². The zero-order chi connectivity index (χ0) is 27.9. The van der Waals surface area contributed by atoms with E-state index in [1.807, 2.05) is 0 Å². The number of benzene rings is 3. The summed E-state index contributed by atoms with van der Waals surface area (Å²) >= 11 is 6.45. The maximum Gasteiger partial charge on any atom is 0.246 e. The lowest BCUT2D eigenvalue weighted by molar-refractivity contribution is -0.127. The Morgan fingerprint density at radius 2 is 1.92 bits per heavy atom. The van der Waals surface area contributed by atoms with Gasteiger partial charge in [-0.25, -0.2) is 14.4 Å². The third kappa shape index (κ3) is 6.98. The van der Waals surface area contributed by atoms with E-state index in [-0.39, 0.29) is 24.9 Å². The second-order valence-electron chi connectivity index (χ2n) is 8.86. The van der Waals surface area contributed by atoms with Gasteiger partial charge in [-0.05, 0) is 53.6 Å². The van der Waals surface area contributed by atoms with Crippen LogP contribution in [0, 0.1) is 11.7 Å². The summed E-state index contributed by atoms with van der Waals surface area (Å²) in [7, 11) is 1.41. The number of aromatic nitrogens is 2. The van der Waals surface area contributed by atoms with Crippen molar-refractivity contribution in [3.8, 4) is 5.75 Å². The molecule has 2 amide bonds. The smallest absolute Gasteiger partial charge is 0.246 e. The van der Waals surface area contributed by atoms with Gasteiger partial charge in [-0.15, -0.1) is 0 Å². The summed E-state index contributed by atoms with van der Waals surface area (Å²) in [5.41, 5.74) is 8.17. The van der Waals surface area contributed by atoms with Gasteiger partial charge in [-0.3, -0.25) is 9.59 Å². The van der Waals surface area contributed by atoms with E-state index in [0.29, 0.717) is 44.3 Å². The number of hydrogen-bond acceptors (Lipinski definition) is 7. The van der Waals surface area contributed by atoms with Gasteiger partial charge < -0.3 is 25.8 Å². The van der Waals surface area contributed by atoms with E-state index in [9.17, 15) is 14.0 Å². The monoisotopic (exact) mass is 551 g/mol. The Balaban J connectivity index is 1.58. The molecule has 202 valence electrons. The maximum absolute atomic E-state index is 13.4. The normalized spacial score (nSPS) is 12.5. The SMILES string of the molecule is COCC(=O)NC(c1ccc2ncnc(Nc3ccc(OCc4cccc(F)c4)c(Cl)c3)c2c1)C(C)C(N)=O. The summed E-state index contributed by atoms with van der Waals surface area (Å²) in [5, 5.41) is 7.05. The number of carbonyl (C=O) groups is 2. The highest BCUT2D eigenvalue weighted by Crippen LogP contribution is 2.32. The Hall–Kier alpha value is -4.28. The molecule has 9 nitrogen and oxygen atoms in total. The fraction of sp³-hybridized carbons (Fsp3) is 0.214. The number of nitrogens with two attached hydrogens (primary N) is 1. The minimum Gasteiger partial charge on any atom is -0.487 e. The quantitative estimate of drug-likeness (QED) is 0.247. The number of nitrogens with zero attached hydrogens (tertiary/aromatic N) is 2. The van der Waals surface area contributed by atoms with Crippen LogP contribution in [0.25, 0.3) is 10.9 Å². The molecule has 1 heterocycles. The predicted octanol–water partition coefficient (Wildman–Crippen LogP) is 4.67. The first-order valence-electron chi connectivity index (χ1n) is 12.0. The molecule has 0 fully saturated rings. The summed E-state index contributed by atoms with van der Waals surface area (Å²) in [6, 6.07) is 16.0. The van der Waals surface area contributed by atoms with Gasteiger partial charge in [0.1, 0.15) is 36.9 Å². The zero-order valence-corrected chi connectivity index (χ0v) is 22.0. The number of carbonyl (C=O) groups excluding carboxylic acids is 2. The Bertz CT molecular complexity index is 1500. The van der Waals surface area contributed by atoms with Crippen LogP contribution < -0.4 is 21.1 Å². The van der Waals surface area contributed by atoms with Crippen molar-refractivity contribution in [1.82, 2.24) is 15.3 Å². The Labute approximate surface area is 229 Å². The van der Waals surface area contributed by atoms with E-state index in [1.54, 1.807) is 55.5 Å². The molecule has 0 saturated carbocycles. The number of ether oxygens (including phenoxy) is 2. The Morgan fingerprint density at radius 1 is 1.10 bits per heavy atom. The third-order valence-corrected chi connectivity index (χ3v) is 6.33. The maximum atomic E-state index is 13.4. The number of nitrogens with one attached hydrogen (secondary N) is 2. The third-order valence-electron chi connectivity index (χ3n) is 6.04. The molecule has 0 radical (unpaired) electrons. The molecule has 2 unspecified atom stereocenters. The van der Waals surface area contributed by atoms with Crippen molar-refractivity contribution in [1.29, 1.82) is 0 Å². The first kappa shape index (κ1) is 27.7. The van der Waals surface area contributed by atoms with Crippen LogP contribution in [0.2, 0.25) is 5.02 Å². The number of halogens is 2. The van der Waals surface area contributed by atoms with Gasteiger partial charge >= 0.3 is 0 Å². The van der Waals surface area contributed by atoms with Crippen molar-refractivity contribution in [2.45, 2.75) is 19.6 Å². The number of rotatable bonds is 11. The van der Waals surface area contributed by atoms with Gasteiger partial charge in [0.2, 0.25) is 11.8 Å². The fourth-order valence-electron chi connectivity index (χ4n) is 3.99. The highest BCUT2D eigenvalue weighted by Gasteiger charge is 2.26. The summed E-state index contributed by atoms with van der Waals surface area (Å²) in [6.07, 6.45) is 1.42. The lowest BCUT2D eigenvalue weighted by Gasteiger charge is -2.24. The van der Waals surface area contributed by atoms with Crippen molar-refractivity contribution >= 4 is 45.8 Å². The topological polar surface area (TPSA) is 128 Å². The van der Waals surface area contributed by atoms with Crippen LogP contribution in [0.5, 0.6) is 5.75 Å². The Morgan fingerprint density at radius 3 is 2.64 bits per heavy atom. The van der Waals surface area contributed by atoms with Gasteiger partial charge in [-0.1, -0.05) is 36.7 Å². The van der Waals surface area contributed by atoms with Crippen LogP contribution in [-0.4, -0.2) is 35.5 Å². The van der Waals surface area contributed by atoms with Crippen molar-refractivity contribution in [3.05, 3.63) is 89.0 Å². The van der Waals surface area contributed by atoms with Crippen LogP contribution in [0.4, 0.5) is 15.9 Å². The van der Waals surface area contributed by atoms with Crippen molar-refractivity contribution < 1.29 is 23.5 Å². The van der Waals surface area contributed by atoms with Crippen LogP contribution in [0.1, 0.15) is 24.1 Å². The number of anilines is 2. The van der Waals surface area contributed by atoms with Crippen LogP contribution >= 0.6 is 11.6 Å². The van der Waals surface area contributed by atoms with Crippen LogP contribution in [-0.2, 0) is 20.9 Å². The zero-order valence-electron chi connectivity index (χ0n) is 21.3. The van der Waals surface area contributed by atoms with E-state index < -0.39 is 17.9 Å². The van der Waals surface area contributed by atoms with E-state index in [1.165, 1.54) is 25.6 Å². The number of fused-ring (bicyclic) bond motifs is 1. The molecule has 0 bridgehead atoms. The molecule has 39 heavy (non-hydrogen) atoms. The molecular formula is C28H27ClFN5O4. The molecular weight excluding hydrogens is 525 g/mol. The van der Waals surface area contributed by atoms with Gasteiger partial charge in [0.25, 0.3) is 0 Å². The molecule has 0 spiro atoms. The minimum absolute atomic E-state index is 0.159. The first-order chi connectivity index (χ1) is 18.7.